The Bertz CT molecular complexity index is 1240. The molecule has 0 saturated carbocycles. The largest absolute Gasteiger partial charge is 0.388 e. The number of imide groups is 1. The SMILES string of the molecule is C[C@@H]1O[C@@H](OCCNC(=O)[C@H]2CN(C(=O)CCCCC(=O)ON3C(=O)CCC3=O)C[C@H]2C(=O)NCCO[C@@H]2O[C@@H](C)[C@@H](O)[C@@H](O)[C@@H]2O)[C@@H](O)[C@H](O)[C@@H]1O. The van der Waals surface area contributed by atoms with Crippen molar-refractivity contribution in [2.24, 2.45) is 11.8 Å². The number of nitrogens with one attached hydrogen (secondary N) is 2. The average Bonchev–Trinajstić information content (AvgIpc) is 3.72. The van der Waals surface area contributed by atoms with Crippen molar-refractivity contribution < 1.29 is 83.2 Å². The highest BCUT2D eigenvalue weighted by Gasteiger charge is 2.45. The van der Waals surface area contributed by atoms with Gasteiger partial charge in [0, 0.05) is 51.9 Å². The van der Waals surface area contributed by atoms with Crippen LogP contribution in [-0.4, -0.2) is 177 Å². The molecule has 21 nitrogen and oxygen atoms in total. The van der Waals surface area contributed by atoms with Gasteiger partial charge in [0.05, 0.1) is 37.3 Å². The van der Waals surface area contributed by atoms with Gasteiger partial charge in [-0.15, -0.1) is 5.06 Å². The van der Waals surface area contributed by atoms with Crippen LogP contribution in [0.2, 0.25) is 0 Å². The summed E-state index contributed by atoms with van der Waals surface area (Å²) >= 11 is 0. The minimum Gasteiger partial charge on any atom is -0.388 e. The molecule has 4 heterocycles. The standard InChI is InChI=1S/C32H50N4O17/c1-15-23(41)25(43)27(45)31(51-15)49-11-9-33-29(47)17-13-35(19(37)5-3-4-6-22(40)53-36-20(38)7-8-21(36)39)14-18(17)30(48)34-10-12-50-32-28(46)26(44)24(42)16(2)52-32/h15-18,23-28,31-32,41-46H,3-14H2,1-2H3,(H,33,47)(H,34,48)/t15-,16-,17-,18+,23+,24+,25+,26+,27-,28-,31+,32+/m0/s1. The van der Waals surface area contributed by atoms with Crippen molar-refractivity contribution in [3.63, 3.8) is 0 Å². The van der Waals surface area contributed by atoms with E-state index in [1.165, 1.54) is 18.7 Å². The molecule has 53 heavy (non-hydrogen) atoms. The molecule has 0 aliphatic carbocycles. The molecule has 12 atom stereocenters. The monoisotopic (exact) mass is 762 g/mol. The van der Waals surface area contributed by atoms with E-state index in [2.05, 4.69) is 10.6 Å². The van der Waals surface area contributed by atoms with E-state index in [1.807, 2.05) is 0 Å². The molecule has 300 valence electrons. The van der Waals surface area contributed by atoms with Crippen molar-refractivity contribution in [1.82, 2.24) is 20.6 Å². The molecule has 0 aromatic heterocycles. The maximum absolute atomic E-state index is 13.3. The molecule has 21 heteroatoms. The number of hydroxylamine groups is 2. The molecule has 0 bridgehead atoms. The van der Waals surface area contributed by atoms with Crippen LogP contribution in [0.1, 0.15) is 52.4 Å². The first-order valence-corrected chi connectivity index (χ1v) is 17.6. The normalized spacial score (nSPS) is 34.6. The molecule has 0 unspecified atom stereocenters. The fourth-order valence-electron chi connectivity index (χ4n) is 6.31. The van der Waals surface area contributed by atoms with E-state index in [1.54, 1.807) is 0 Å². The molecule has 0 aromatic carbocycles. The summed E-state index contributed by atoms with van der Waals surface area (Å²) in [5.41, 5.74) is 0. The molecular formula is C32H50N4O17. The maximum atomic E-state index is 13.3. The summed E-state index contributed by atoms with van der Waals surface area (Å²) in [5, 5.41) is 65.7. The van der Waals surface area contributed by atoms with E-state index in [0.717, 1.165) is 0 Å². The lowest BCUT2D eigenvalue weighted by Crippen LogP contribution is -2.57. The zero-order valence-corrected chi connectivity index (χ0v) is 29.5. The highest BCUT2D eigenvalue weighted by molar-refractivity contribution is 6.01. The Morgan fingerprint density at radius 2 is 1.11 bits per heavy atom. The van der Waals surface area contributed by atoms with Crippen LogP contribution < -0.4 is 10.6 Å². The van der Waals surface area contributed by atoms with Gasteiger partial charge in [0.25, 0.3) is 11.8 Å². The first-order chi connectivity index (χ1) is 25.1. The number of unbranched alkanes of at least 4 members (excludes halogenated alkanes) is 1. The molecular weight excluding hydrogens is 712 g/mol. The fourth-order valence-corrected chi connectivity index (χ4v) is 6.31. The molecule has 0 radical (unpaired) electrons. The fraction of sp³-hybridized carbons (Fsp3) is 0.812. The number of likely N-dealkylation sites (tertiary alicyclic amines) is 1. The molecule has 4 saturated heterocycles. The number of amides is 5. The second-order valence-corrected chi connectivity index (χ2v) is 13.5. The van der Waals surface area contributed by atoms with E-state index >= 15 is 0 Å². The number of hydrogen-bond donors (Lipinski definition) is 8. The van der Waals surface area contributed by atoms with Crippen molar-refractivity contribution in [3.05, 3.63) is 0 Å². The molecule has 4 aliphatic rings. The van der Waals surface area contributed by atoms with E-state index in [9.17, 15) is 59.4 Å². The Hall–Kier alpha value is -3.38. The number of ether oxygens (including phenoxy) is 4. The second kappa shape index (κ2) is 19.3. The van der Waals surface area contributed by atoms with Gasteiger partial charge in [-0.25, -0.2) is 4.79 Å². The number of hydrogen-bond acceptors (Lipinski definition) is 17. The maximum Gasteiger partial charge on any atom is 0.333 e. The topological polar surface area (TPSA) is 300 Å². The highest BCUT2D eigenvalue weighted by atomic mass is 16.7. The number of carbonyl (C=O) groups excluding carboxylic acids is 6. The minimum atomic E-state index is -1.54. The van der Waals surface area contributed by atoms with Crippen LogP contribution in [0.25, 0.3) is 0 Å². The van der Waals surface area contributed by atoms with Crippen LogP contribution in [0.5, 0.6) is 0 Å². The van der Waals surface area contributed by atoms with Crippen molar-refractivity contribution in [1.29, 1.82) is 0 Å². The van der Waals surface area contributed by atoms with Crippen molar-refractivity contribution >= 4 is 35.5 Å². The van der Waals surface area contributed by atoms with Gasteiger partial charge in [0.1, 0.15) is 36.6 Å². The summed E-state index contributed by atoms with van der Waals surface area (Å²) in [6, 6.07) is 0. The third kappa shape index (κ3) is 10.9. The van der Waals surface area contributed by atoms with E-state index < -0.39 is 103 Å². The summed E-state index contributed by atoms with van der Waals surface area (Å²) in [6.45, 7) is 2.20. The zero-order valence-electron chi connectivity index (χ0n) is 29.5. The number of aliphatic hydroxyl groups is 6. The molecule has 0 aromatic rings. The summed E-state index contributed by atoms with van der Waals surface area (Å²) < 4.78 is 21.6. The zero-order chi connectivity index (χ0) is 39.0. The van der Waals surface area contributed by atoms with Gasteiger partial charge < -0.3 is 70.0 Å². The number of carbonyl (C=O) groups is 6. The number of rotatable bonds is 16. The Morgan fingerprint density at radius 1 is 0.679 bits per heavy atom. The third-order valence-electron chi connectivity index (χ3n) is 9.55. The Morgan fingerprint density at radius 3 is 1.57 bits per heavy atom. The first kappa shape index (κ1) is 42.4. The highest BCUT2D eigenvalue weighted by Crippen LogP contribution is 2.26. The third-order valence-corrected chi connectivity index (χ3v) is 9.55. The van der Waals surface area contributed by atoms with Gasteiger partial charge in [-0.05, 0) is 26.7 Å². The molecule has 5 amide bonds. The molecule has 8 N–H and O–H groups in total. The minimum absolute atomic E-state index is 0.0371. The lowest BCUT2D eigenvalue weighted by Gasteiger charge is -2.38. The van der Waals surface area contributed by atoms with Gasteiger partial charge in [-0.1, -0.05) is 0 Å². The predicted octanol–water partition coefficient (Wildman–Crippen LogP) is -4.85. The predicted molar refractivity (Wildman–Crippen MR) is 172 cm³/mol. The number of nitrogens with zero attached hydrogens (tertiary/aromatic N) is 2. The molecule has 4 aliphatic heterocycles. The first-order valence-electron chi connectivity index (χ1n) is 17.6. The van der Waals surface area contributed by atoms with Crippen molar-refractivity contribution in [3.8, 4) is 0 Å². The molecule has 0 spiro atoms. The van der Waals surface area contributed by atoms with Gasteiger partial charge in [-0.3, -0.25) is 24.0 Å². The summed E-state index contributed by atoms with van der Waals surface area (Å²) in [5.74, 6) is -5.57. The van der Waals surface area contributed by atoms with Crippen LogP contribution in [0.4, 0.5) is 0 Å². The van der Waals surface area contributed by atoms with Crippen molar-refractivity contribution in [2.45, 2.75) is 114 Å². The second-order valence-electron chi connectivity index (χ2n) is 13.5. The quantitative estimate of drug-likeness (QED) is 0.0540. The smallest absolute Gasteiger partial charge is 0.333 e. The molecule has 4 rings (SSSR count). The number of aliphatic hydroxyl groups excluding tert-OH is 6. The average molecular weight is 763 g/mol. The van der Waals surface area contributed by atoms with Gasteiger partial charge in [0.2, 0.25) is 17.7 Å². The van der Waals surface area contributed by atoms with Crippen LogP contribution in [0.3, 0.4) is 0 Å². The summed E-state index contributed by atoms with van der Waals surface area (Å²) in [4.78, 5) is 81.3. The van der Waals surface area contributed by atoms with Gasteiger partial charge in [0.15, 0.2) is 12.6 Å². The Labute approximate surface area is 304 Å². The van der Waals surface area contributed by atoms with Crippen molar-refractivity contribution in [2.75, 3.05) is 39.4 Å². The summed E-state index contributed by atoms with van der Waals surface area (Å²) in [6.07, 6.45) is -12.8. The Balaban J connectivity index is 1.27. The van der Waals surface area contributed by atoms with E-state index in [0.29, 0.717) is 5.06 Å². The lowest BCUT2D eigenvalue weighted by atomic mass is 9.94. The lowest BCUT2D eigenvalue weighted by molar-refractivity contribution is -0.292. The van der Waals surface area contributed by atoms with Crippen LogP contribution in [-0.2, 0) is 52.6 Å². The van der Waals surface area contributed by atoms with Crippen LogP contribution in [0, 0.1) is 11.8 Å². The van der Waals surface area contributed by atoms with E-state index in [4.69, 9.17) is 23.8 Å². The summed E-state index contributed by atoms with van der Waals surface area (Å²) in [7, 11) is 0. The van der Waals surface area contributed by atoms with E-state index in [-0.39, 0.29) is 83.8 Å². The van der Waals surface area contributed by atoms with Gasteiger partial charge in [-0.2, -0.15) is 0 Å². The van der Waals surface area contributed by atoms with Crippen LogP contribution >= 0.6 is 0 Å². The van der Waals surface area contributed by atoms with Gasteiger partial charge >= 0.3 is 5.97 Å². The molecule has 4 fully saturated rings. The van der Waals surface area contributed by atoms with Crippen LogP contribution in [0.15, 0.2) is 0 Å². The Kier molecular flexibility index (Phi) is 15.4.